The summed E-state index contributed by atoms with van der Waals surface area (Å²) < 4.78 is 5.04. The van der Waals surface area contributed by atoms with Gasteiger partial charge in [-0.25, -0.2) is 4.79 Å². The summed E-state index contributed by atoms with van der Waals surface area (Å²) in [6, 6.07) is 6.85. The first-order valence-electron chi connectivity index (χ1n) is 5.91. The van der Waals surface area contributed by atoms with Gasteiger partial charge in [0.05, 0.1) is 13.7 Å². The SMILES string of the molecule is COc1ccc(NC(=O)N2CCCC(=O)C2)cc1. The molecule has 96 valence electrons. The van der Waals surface area contributed by atoms with Gasteiger partial charge in [-0.3, -0.25) is 4.79 Å². The average Bonchev–Trinajstić information content (AvgIpc) is 2.39. The molecule has 1 aliphatic rings. The van der Waals surface area contributed by atoms with E-state index in [1.54, 1.807) is 31.4 Å². The Morgan fingerprint density at radius 3 is 2.67 bits per heavy atom. The van der Waals surface area contributed by atoms with E-state index in [2.05, 4.69) is 5.32 Å². The maximum Gasteiger partial charge on any atom is 0.322 e. The highest BCUT2D eigenvalue weighted by molar-refractivity contribution is 5.93. The Morgan fingerprint density at radius 2 is 2.06 bits per heavy atom. The van der Waals surface area contributed by atoms with Crippen molar-refractivity contribution in [3.63, 3.8) is 0 Å². The molecule has 0 aromatic heterocycles. The summed E-state index contributed by atoms with van der Waals surface area (Å²) in [4.78, 5) is 24.7. The summed E-state index contributed by atoms with van der Waals surface area (Å²) in [6.07, 6.45) is 1.32. The number of carbonyl (C=O) groups excluding carboxylic acids is 2. The third-order valence-electron chi connectivity index (χ3n) is 2.88. The molecule has 1 aromatic carbocycles. The number of anilines is 1. The molecule has 0 unspecified atom stereocenters. The first-order valence-corrected chi connectivity index (χ1v) is 5.91. The molecule has 18 heavy (non-hydrogen) atoms. The smallest absolute Gasteiger partial charge is 0.322 e. The molecule has 0 bridgehead atoms. The number of likely N-dealkylation sites (tertiary alicyclic amines) is 1. The molecule has 0 saturated carbocycles. The molecule has 1 saturated heterocycles. The molecular weight excluding hydrogens is 232 g/mol. The van der Waals surface area contributed by atoms with Gasteiger partial charge >= 0.3 is 6.03 Å². The summed E-state index contributed by atoms with van der Waals surface area (Å²) >= 11 is 0. The highest BCUT2D eigenvalue weighted by atomic mass is 16.5. The van der Waals surface area contributed by atoms with Crippen molar-refractivity contribution in [1.82, 2.24) is 4.90 Å². The van der Waals surface area contributed by atoms with Crippen molar-refractivity contribution in [2.24, 2.45) is 0 Å². The van der Waals surface area contributed by atoms with E-state index in [1.807, 2.05) is 0 Å². The molecule has 1 aromatic rings. The Balaban J connectivity index is 1.95. The van der Waals surface area contributed by atoms with Crippen LogP contribution in [-0.2, 0) is 4.79 Å². The Bertz CT molecular complexity index is 442. The summed E-state index contributed by atoms with van der Waals surface area (Å²) in [5.74, 6) is 0.854. The minimum absolute atomic E-state index is 0.117. The van der Waals surface area contributed by atoms with Crippen LogP contribution in [0.5, 0.6) is 5.75 Å². The first kappa shape index (κ1) is 12.4. The molecule has 2 rings (SSSR count). The van der Waals surface area contributed by atoms with Gasteiger partial charge in [0, 0.05) is 18.7 Å². The van der Waals surface area contributed by atoms with Gasteiger partial charge in [0.2, 0.25) is 0 Å². The summed E-state index contributed by atoms with van der Waals surface area (Å²) in [5, 5.41) is 2.76. The van der Waals surface area contributed by atoms with E-state index in [0.717, 1.165) is 12.2 Å². The summed E-state index contributed by atoms with van der Waals surface area (Å²) in [6.45, 7) is 0.843. The van der Waals surface area contributed by atoms with Gasteiger partial charge < -0.3 is 15.0 Å². The van der Waals surface area contributed by atoms with Crippen molar-refractivity contribution in [3.05, 3.63) is 24.3 Å². The van der Waals surface area contributed by atoms with Crippen molar-refractivity contribution in [1.29, 1.82) is 0 Å². The van der Waals surface area contributed by atoms with Crippen LogP contribution in [0.25, 0.3) is 0 Å². The molecule has 1 fully saturated rings. The van der Waals surface area contributed by atoms with Crippen LogP contribution in [0.4, 0.5) is 10.5 Å². The third kappa shape index (κ3) is 3.00. The van der Waals surface area contributed by atoms with Gasteiger partial charge in [-0.15, -0.1) is 0 Å². The molecular formula is C13H16N2O3. The average molecular weight is 248 g/mol. The Kier molecular flexibility index (Phi) is 3.82. The Hall–Kier alpha value is -2.04. The lowest BCUT2D eigenvalue weighted by molar-refractivity contribution is -0.121. The number of Topliss-reactive ketones (excluding diaryl/α,β-unsaturated/α-hetero) is 1. The maximum absolute atomic E-state index is 11.9. The van der Waals surface area contributed by atoms with E-state index in [1.165, 1.54) is 4.90 Å². The minimum Gasteiger partial charge on any atom is -0.497 e. The Labute approximate surface area is 106 Å². The van der Waals surface area contributed by atoms with E-state index >= 15 is 0 Å². The van der Waals surface area contributed by atoms with Crippen LogP contribution >= 0.6 is 0 Å². The van der Waals surface area contributed by atoms with E-state index in [4.69, 9.17) is 4.74 Å². The number of urea groups is 1. The predicted octanol–water partition coefficient (Wildman–Crippen LogP) is 1.89. The van der Waals surface area contributed by atoms with Crippen molar-refractivity contribution >= 4 is 17.5 Å². The molecule has 2 amide bonds. The maximum atomic E-state index is 11.9. The third-order valence-corrected chi connectivity index (χ3v) is 2.88. The van der Waals surface area contributed by atoms with Crippen LogP contribution in [0.2, 0.25) is 0 Å². The summed E-state index contributed by atoms with van der Waals surface area (Å²) in [5.41, 5.74) is 0.693. The zero-order chi connectivity index (χ0) is 13.0. The summed E-state index contributed by atoms with van der Waals surface area (Å²) in [7, 11) is 1.59. The van der Waals surface area contributed by atoms with Crippen molar-refractivity contribution in [2.45, 2.75) is 12.8 Å². The normalized spacial score (nSPS) is 15.4. The van der Waals surface area contributed by atoms with E-state index < -0.39 is 0 Å². The standard InChI is InChI=1S/C13H16N2O3/c1-18-12-6-4-10(5-7-12)14-13(17)15-8-2-3-11(16)9-15/h4-7H,2-3,8-9H2,1H3,(H,14,17). The van der Waals surface area contributed by atoms with Gasteiger partial charge in [0.25, 0.3) is 0 Å². The van der Waals surface area contributed by atoms with Crippen LogP contribution < -0.4 is 10.1 Å². The van der Waals surface area contributed by atoms with Crippen LogP contribution in [0.15, 0.2) is 24.3 Å². The van der Waals surface area contributed by atoms with Crippen molar-refractivity contribution < 1.29 is 14.3 Å². The highest BCUT2D eigenvalue weighted by Gasteiger charge is 2.21. The first-order chi connectivity index (χ1) is 8.69. The molecule has 0 atom stereocenters. The van der Waals surface area contributed by atoms with Gasteiger partial charge in [0.15, 0.2) is 5.78 Å². The number of amides is 2. The highest BCUT2D eigenvalue weighted by Crippen LogP contribution is 2.16. The fourth-order valence-corrected chi connectivity index (χ4v) is 1.89. The van der Waals surface area contributed by atoms with Gasteiger partial charge in [0.1, 0.15) is 5.75 Å². The second-order valence-electron chi connectivity index (χ2n) is 4.22. The monoisotopic (exact) mass is 248 g/mol. The van der Waals surface area contributed by atoms with Crippen molar-refractivity contribution in [2.75, 3.05) is 25.5 Å². The number of ether oxygens (including phenoxy) is 1. The fourth-order valence-electron chi connectivity index (χ4n) is 1.89. The lowest BCUT2D eigenvalue weighted by atomic mass is 10.1. The molecule has 5 nitrogen and oxygen atoms in total. The van der Waals surface area contributed by atoms with Gasteiger partial charge in [-0.1, -0.05) is 0 Å². The number of methoxy groups -OCH3 is 1. The number of hydrogen-bond donors (Lipinski definition) is 1. The number of carbonyl (C=O) groups is 2. The number of benzene rings is 1. The minimum atomic E-state index is -0.229. The second kappa shape index (κ2) is 5.53. The molecule has 0 radical (unpaired) electrons. The number of rotatable bonds is 2. The lowest BCUT2D eigenvalue weighted by Crippen LogP contribution is -2.42. The number of nitrogens with zero attached hydrogens (tertiary/aromatic N) is 1. The Morgan fingerprint density at radius 1 is 1.33 bits per heavy atom. The molecule has 5 heteroatoms. The van der Waals surface area contributed by atoms with Crippen LogP contribution in [0, 0.1) is 0 Å². The van der Waals surface area contributed by atoms with Crippen LogP contribution in [0.3, 0.4) is 0 Å². The number of hydrogen-bond acceptors (Lipinski definition) is 3. The zero-order valence-electron chi connectivity index (χ0n) is 10.3. The van der Waals surface area contributed by atoms with Crippen molar-refractivity contribution in [3.8, 4) is 5.75 Å². The number of piperidine rings is 1. The van der Waals surface area contributed by atoms with E-state index in [0.29, 0.717) is 18.7 Å². The fraction of sp³-hybridized carbons (Fsp3) is 0.385. The van der Waals surface area contributed by atoms with Gasteiger partial charge in [-0.2, -0.15) is 0 Å². The zero-order valence-corrected chi connectivity index (χ0v) is 10.3. The molecule has 0 aliphatic carbocycles. The molecule has 1 N–H and O–H groups in total. The quantitative estimate of drug-likeness (QED) is 0.869. The largest absolute Gasteiger partial charge is 0.497 e. The van der Waals surface area contributed by atoms with Crippen LogP contribution in [-0.4, -0.2) is 36.9 Å². The molecule has 1 aliphatic heterocycles. The number of nitrogens with one attached hydrogen (secondary N) is 1. The van der Waals surface area contributed by atoms with Gasteiger partial charge in [-0.05, 0) is 30.7 Å². The lowest BCUT2D eigenvalue weighted by Gasteiger charge is -2.25. The molecule has 0 spiro atoms. The van der Waals surface area contributed by atoms with E-state index in [9.17, 15) is 9.59 Å². The predicted molar refractivity (Wildman–Crippen MR) is 67.8 cm³/mol. The molecule has 1 heterocycles. The topological polar surface area (TPSA) is 58.6 Å². The van der Waals surface area contributed by atoms with E-state index in [-0.39, 0.29) is 18.4 Å². The van der Waals surface area contributed by atoms with Crippen LogP contribution in [0.1, 0.15) is 12.8 Å². The number of ketones is 1. The second-order valence-corrected chi connectivity index (χ2v) is 4.22.